The Morgan fingerprint density at radius 2 is 0.611 bits per heavy atom. The van der Waals surface area contributed by atoms with Gasteiger partial charge < -0.3 is 9.97 Å². The molecule has 8 aromatic rings. The minimum Gasteiger partial charge on any atom is -0.342 e. The summed E-state index contributed by atoms with van der Waals surface area (Å²) < 4.78 is 0. The van der Waals surface area contributed by atoms with Gasteiger partial charge in [0.1, 0.15) is 11.6 Å². The summed E-state index contributed by atoms with van der Waals surface area (Å²) in [5.41, 5.74) is 11.1. The average Bonchev–Trinajstić information content (AvgIpc) is 3.86. The van der Waals surface area contributed by atoms with E-state index in [0.29, 0.717) is 0 Å². The van der Waals surface area contributed by atoms with Gasteiger partial charge in [0.2, 0.25) is 0 Å². The molecule has 0 aliphatic carbocycles. The summed E-state index contributed by atoms with van der Waals surface area (Å²) in [5, 5.41) is 0. The summed E-state index contributed by atoms with van der Waals surface area (Å²) in [4.78, 5) is 15.9. The summed E-state index contributed by atoms with van der Waals surface area (Å²) >= 11 is 0. The van der Waals surface area contributed by atoms with Crippen LogP contribution in [0.25, 0.3) is 57.2 Å². The van der Waals surface area contributed by atoms with Crippen LogP contribution >= 0.6 is 0 Å². The predicted octanol–water partition coefficient (Wildman–Crippen LogP) is 13.8. The Labute approximate surface area is 321 Å². The molecule has 0 amide bonds. The highest BCUT2D eigenvalue weighted by Crippen LogP contribution is 2.30. The third kappa shape index (κ3) is 12.2. The lowest BCUT2D eigenvalue weighted by Crippen LogP contribution is -1.82. The second-order valence-electron chi connectivity index (χ2n) is 11.8. The molecule has 0 saturated heterocycles. The molecule has 54 heavy (non-hydrogen) atoms. The van der Waals surface area contributed by atoms with Gasteiger partial charge in [-0.2, -0.15) is 0 Å². The average molecular weight is 707 g/mol. The molecule has 4 nitrogen and oxygen atoms in total. The number of H-pyrrole nitrogens is 2. The molecule has 2 N–H and O–H groups in total. The predicted molar refractivity (Wildman–Crippen MR) is 233 cm³/mol. The zero-order valence-corrected chi connectivity index (χ0v) is 31.8. The van der Waals surface area contributed by atoms with Crippen molar-refractivity contribution in [1.82, 2.24) is 19.9 Å². The summed E-state index contributed by atoms with van der Waals surface area (Å²) in [6.45, 7) is 15.2. The summed E-state index contributed by atoms with van der Waals surface area (Å²) in [6.07, 6.45) is 3.67. The fourth-order valence-corrected chi connectivity index (χ4v) is 5.40. The quantitative estimate of drug-likeness (QED) is 0.181. The van der Waals surface area contributed by atoms with E-state index in [9.17, 15) is 0 Å². The van der Waals surface area contributed by atoms with Crippen molar-refractivity contribution in [3.63, 3.8) is 0 Å². The van der Waals surface area contributed by atoms with E-state index in [0.717, 1.165) is 56.7 Å². The van der Waals surface area contributed by atoms with E-state index in [2.05, 4.69) is 81.6 Å². The van der Waals surface area contributed by atoms with Gasteiger partial charge in [-0.05, 0) is 25.0 Å². The molecule has 0 unspecified atom stereocenters. The first-order valence-electron chi connectivity index (χ1n) is 18.3. The van der Waals surface area contributed by atoms with Gasteiger partial charge in [0.25, 0.3) is 0 Å². The van der Waals surface area contributed by atoms with Gasteiger partial charge in [-0.3, -0.25) is 0 Å². The number of nitrogens with one attached hydrogen (secondary N) is 2. The van der Waals surface area contributed by atoms with E-state index in [1.807, 2.05) is 173 Å². The highest BCUT2D eigenvalue weighted by Gasteiger charge is 2.12. The van der Waals surface area contributed by atoms with Gasteiger partial charge in [-0.25, -0.2) is 9.97 Å². The van der Waals surface area contributed by atoms with Crippen molar-refractivity contribution in [1.29, 1.82) is 0 Å². The molecule has 0 fully saturated rings. The number of aromatic amines is 2. The van der Waals surface area contributed by atoms with E-state index in [1.54, 1.807) is 0 Å². The second kappa shape index (κ2) is 22.2. The third-order valence-electron chi connectivity index (χ3n) is 7.93. The van der Waals surface area contributed by atoms with Crippen molar-refractivity contribution in [3.8, 4) is 45.0 Å². The molecule has 0 aliphatic heterocycles. The maximum absolute atomic E-state index is 4.60. The maximum atomic E-state index is 4.60. The highest BCUT2D eigenvalue weighted by atomic mass is 14.9. The van der Waals surface area contributed by atoms with Crippen LogP contribution in [0.4, 0.5) is 0 Å². The largest absolute Gasteiger partial charge is 0.342 e. The van der Waals surface area contributed by atoms with Gasteiger partial charge in [0.15, 0.2) is 0 Å². The van der Waals surface area contributed by atoms with Crippen LogP contribution in [0.5, 0.6) is 0 Å². The van der Waals surface area contributed by atoms with Gasteiger partial charge >= 0.3 is 0 Å². The Bertz CT molecular complexity index is 1930. The molecule has 6 aromatic carbocycles. The molecule has 2 aromatic heterocycles. The molecule has 8 rings (SSSR count). The molecule has 0 atom stereocenters. The first-order valence-corrected chi connectivity index (χ1v) is 18.3. The topological polar surface area (TPSA) is 57.4 Å². The van der Waals surface area contributed by atoms with Crippen molar-refractivity contribution >= 4 is 12.2 Å². The lowest BCUT2D eigenvalue weighted by atomic mass is 10.1. The Morgan fingerprint density at radius 3 is 0.852 bits per heavy atom. The number of hydrogen-bond acceptors (Lipinski definition) is 2. The number of aryl methyl sites for hydroxylation is 2. The van der Waals surface area contributed by atoms with Crippen LogP contribution in [0.15, 0.2) is 195 Å². The summed E-state index contributed by atoms with van der Waals surface area (Å²) in [6, 6.07) is 61.2. The highest BCUT2D eigenvalue weighted by molar-refractivity contribution is 5.79. The molecular weight excluding hydrogens is 657 g/mol. The van der Waals surface area contributed by atoms with Crippen LogP contribution in [-0.2, 0) is 0 Å². The van der Waals surface area contributed by atoms with Crippen molar-refractivity contribution in [3.05, 3.63) is 218 Å². The SMILES string of the molecule is C=Cc1ccccc1.C=Cc1ccccc1.CC.Cc1nc(-c2ccccc2)c(-c2ccccc2)[nH]1.Cc1nc(-c2ccccc2)c(-c2ccccc2)[nH]1. The standard InChI is InChI=1S/2C16H14N2.2C8H8.C2H6/c2*1-12-17-15(13-8-4-2-5-9-13)16(18-12)14-10-6-3-7-11-14;2*1-2-8-6-4-3-5-7-8;1-2/h2*2-11H,1H3,(H,17,18);2*2-7H,1H2;1-2H3. The summed E-state index contributed by atoms with van der Waals surface area (Å²) in [5.74, 6) is 1.88. The fourth-order valence-electron chi connectivity index (χ4n) is 5.40. The monoisotopic (exact) mass is 706 g/mol. The normalized spacial score (nSPS) is 9.63. The van der Waals surface area contributed by atoms with E-state index >= 15 is 0 Å². The Balaban J connectivity index is 0.000000169. The zero-order chi connectivity index (χ0) is 38.4. The van der Waals surface area contributed by atoms with Crippen LogP contribution in [-0.4, -0.2) is 19.9 Å². The molecule has 0 radical (unpaired) electrons. The lowest BCUT2D eigenvalue weighted by molar-refractivity contribution is 1.15. The van der Waals surface area contributed by atoms with Gasteiger partial charge in [-0.1, -0.05) is 221 Å². The van der Waals surface area contributed by atoms with E-state index in [1.165, 1.54) is 11.1 Å². The smallest absolute Gasteiger partial charge is 0.104 e. The van der Waals surface area contributed by atoms with Crippen molar-refractivity contribution in [2.24, 2.45) is 0 Å². The minimum absolute atomic E-state index is 0.938. The number of nitrogens with zero attached hydrogens (tertiary/aromatic N) is 2. The van der Waals surface area contributed by atoms with Crippen molar-refractivity contribution < 1.29 is 0 Å². The third-order valence-corrected chi connectivity index (χ3v) is 7.93. The van der Waals surface area contributed by atoms with Gasteiger partial charge in [0, 0.05) is 22.3 Å². The van der Waals surface area contributed by atoms with Crippen LogP contribution < -0.4 is 0 Å². The molecule has 270 valence electrons. The number of aromatic nitrogens is 4. The summed E-state index contributed by atoms with van der Waals surface area (Å²) in [7, 11) is 0. The molecule has 0 aliphatic rings. The zero-order valence-electron chi connectivity index (χ0n) is 31.8. The first kappa shape index (κ1) is 40.0. The van der Waals surface area contributed by atoms with E-state index in [4.69, 9.17) is 0 Å². The number of benzene rings is 6. The van der Waals surface area contributed by atoms with Crippen LogP contribution in [0.2, 0.25) is 0 Å². The Morgan fingerprint density at radius 1 is 0.370 bits per heavy atom. The van der Waals surface area contributed by atoms with Crippen LogP contribution in [0, 0.1) is 13.8 Å². The molecule has 0 saturated carbocycles. The fraction of sp³-hybridized carbons (Fsp3) is 0.0800. The van der Waals surface area contributed by atoms with Crippen LogP contribution in [0.1, 0.15) is 36.6 Å². The maximum Gasteiger partial charge on any atom is 0.104 e. The molecule has 4 heteroatoms. The Hall–Kier alpha value is -6.78. The van der Waals surface area contributed by atoms with Crippen LogP contribution in [0.3, 0.4) is 0 Å². The first-order chi connectivity index (χ1) is 26.6. The van der Waals surface area contributed by atoms with Gasteiger partial charge in [-0.15, -0.1) is 0 Å². The second-order valence-corrected chi connectivity index (χ2v) is 11.8. The Kier molecular flexibility index (Phi) is 16.5. The van der Waals surface area contributed by atoms with E-state index in [-0.39, 0.29) is 0 Å². The minimum atomic E-state index is 0.938. The molecule has 0 spiro atoms. The molecule has 0 bridgehead atoms. The number of imidazole rings is 2. The molecular formula is C50H50N4. The number of rotatable bonds is 6. The van der Waals surface area contributed by atoms with Gasteiger partial charge in [0.05, 0.1) is 22.8 Å². The van der Waals surface area contributed by atoms with E-state index < -0.39 is 0 Å². The number of hydrogen-bond donors (Lipinski definition) is 2. The molecule has 2 heterocycles. The van der Waals surface area contributed by atoms with Crippen molar-refractivity contribution in [2.75, 3.05) is 0 Å². The lowest BCUT2D eigenvalue weighted by Gasteiger charge is -2.02. The van der Waals surface area contributed by atoms with Crippen molar-refractivity contribution in [2.45, 2.75) is 27.7 Å².